The molecular weight excluding hydrogens is 202 g/mol. The van der Waals surface area contributed by atoms with Gasteiger partial charge in [0.25, 0.3) is 0 Å². The molecule has 0 bridgehead atoms. The Balaban J connectivity index is 2.31. The number of carbonyl (C=O) groups is 1. The lowest BCUT2D eigenvalue weighted by Gasteiger charge is -2.29. The molecule has 3 nitrogen and oxygen atoms in total. The summed E-state index contributed by atoms with van der Waals surface area (Å²) in [6.07, 6.45) is 7.53. The number of esters is 1. The summed E-state index contributed by atoms with van der Waals surface area (Å²) >= 11 is 0. The summed E-state index contributed by atoms with van der Waals surface area (Å²) in [6.45, 7) is 4.26. The Morgan fingerprint density at radius 3 is 2.75 bits per heavy atom. The molecule has 0 aliphatic heterocycles. The van der Waals surface area contributed by atoms with Crippen LogP contribution < -0.4 is 5.73 Å². The van der Waals surface area contributed by atoms with Crippen LogP contribution in [0.3, 0.4) is 0 Å². The van der Waals surface area contributed by atoms with Gasteiger partial charge in [-0.3, -0.25) is 4.79 Å². The maximum atomic E-state index is 11.7. The van der Waals surface area contributed by atoms with Crippen LogP contribution in [0.4, 0.5) is 0 Å². The Morgan fingerprint density at radius 1 is 1.44 bits per heavy atom. The first-order valence-electron chi connectivity index (χ1n) is 6.61. The number of hydrogen-bond acceptors (Lipinski definition) is 3. The third-order valence-corrected chi connectivity index (χ3v) is 3.47. The SMILES string of the molecule is CCCC[C@H](N)C(=O)OC1CCCCC1C. The Hall–Kier alpha value is -0.570. The molecule has 1 rings (SSSR count). The molecule has 16 heavy (non-hydrogen) atoms. The molecule has 0 aromatic carbocycles. The van der Waals surface area contributed by atoms with E-state index in [0.29, 0.717) is 5.92 Å². The molecule has 0 heterocycles. The van der Waals surface area contributed by atoms with Gasteiger partial charge in [-0.25, -0.2) is 0 Å². The lowest BCUT2D eigenvalue weighted by Crippen LogP contribution is -2.37. The van der Waals surface area contributed by atoms with Crippen molar-refractivity contribution in [1.82, 2.24) is 0 Å². The molecule has 1 aliphatic rings. The maximum Gasteiger partial charge on any atom is 0.323 e. The summed E-state index contributed by atoms with van der Waals surface area (Å²) in [5.74, 6) is 0.295. The quantitative estimate of drug-likeness (QED) is 0.735. The first kappa shape index (κ1) is 13.5. The molecule has 2 unspecified atom stereocenters. The van der Waals surface area contributed by atoms with E-state index in [-0.39, 0.29) is 12.1 Å². The summed E-state index contributed by atoms with van der Waals surface area (Å²) in [5, 5.41) is 0. The van der Waals surface area contributed by atoms with Gasteiger partial charge in [0.15, 0.2) is 0 Å². The van der Waals surface area contributed by atoms with Crippen molar-refractivity contribution < 1.29 is 9.53 Å². The Morgan fingerprint density at radius 2 is 2.12 bits per heavy atom. The van der Waals surface area contributed by atoms with Gasteiger partial charge in [-0.2, -0.15) is 0 Å². The van der Waals surface area contributed by atoms with E-state index in [4.69, 9.17) is 10.5 Å². The first-order chi connectivity index (χ1) is 7.65. The second-order valence-electron chi connectivity index (χ2n) is 4.99. The van der Waals surface area contributed by atoms with E-state index < -0.39 is 6.04 Å². The molecular formula is C13H25NO2. The Bertz CT molecular complexity index is 218. The van der Waals surface area contributed by atoms with Crippen LogP contribution >= 0.6 is 0 Å². The van der Waals surface area contributed by atoms with Crippen LogP contribution in [-0.2, 0) is 9.53 Å². The van der Waals surface area contributed by atoms with Crippen molar-refractivity contribution in [2.24, 2.45) is 11.7 Å². The molecule has 0 spiro atoms. The zero-order valence-corrected chi connectivity index (χ0v) is 10.6. The Kier molecular flexibility index (Phi) is 5.81. The molecule has 0 radical (unpaired) electrons. The minimum Gasteiger partial charge on any atom is -0.461 e. The van der Waals surface area contributed by atoms with E-state index in [2.05, 4.69) is 13.8 Å². The summed E-state index contributed by atoms with van der Waals surface area (Å²) in [7, 11) is 0. The van der Waals surface area contributed by atoms with Crippen molar-refractivity contribution in [3.05, 3.63) is 0 Å². The van der Waals surface area contributed by atoms with Crippen molar-refractivity contribution in [3.63, 3.8) is 0 Å². The molecule has 0 saturated heterocycles. The monoisotopic (exact) mass is 227 g/mol. The lowest BCUT2D eigenvalue weighted by atomic mass is 9.88. The first-order valence-corrected chi connectivity index (χ1v) is 6.61. The molecule has 0 aromatic rings. The van der Waals surface area contributed by atoms with Crippen LogP contribution in [0.5, 0.6) is 0 Å². The molecule has 1 aliphatic carbocycles. The van der Waals surface area contributed by atoms with Gasteiger partial charge in [0.2, 0.25) is 0 Å². The van der Waals surface area contributed by atoms with Crippen molar-refractivity contribution in [1.29, 1.82) is 0 Å². The van der Waals surface area contributed by atoms with E-state index in [0.717, 1.165) is 25.7 Å². The second-order valence-corrected chi connectivity index (χ2v) is 4.99. The van der Waals surface area contributed by atoms with Gasteiger partial charge in [0, 0.05) is 0 Å². The smallest absolute Gasteiger partial charge is 0.323 e. The highest BCUT2D eigenvalue weighted by Gasteiger charge is 2.26. The van der Waals surface area contributed by atoms with E-state index in [1.54, 1.807) is 0 Å². The third kappa shape index (κ3) is 4.12. The van der Waals surface area contributed by atoms with Crippen molar-refractivity contribution in [2.75, 3.05) is 0 Å². The number of carbonyl (C=O) groups excluding carboxylic acids is 1. The molecule has 0 aromatic heterocycles. The topological polar surface area (TPSA) is 52.3 Å². The second kappa shape index (κ2) is 6.89. The van der Waals surface area contributed by atoms with Crippen LogP contribution in [-0.4, -0.2) is 18.1 Å². The number of unbranched alkanes of at least 4 members (excludes halogenated alkanes) is 1. The van der Waals surface area contributed by atoms with Gasteiger partial charge in [-0.05, 0) is 31.6 Å². The molecule has 0 amide bonds. The summed E-state index contributed by atoms with van der Waals surface area (Å²) in [6, 6.07) is -0.422. The predicted octanol–water partition coefficient (Wildman–Crippen LogP) is 2.63. The molecule has 94 valence electrons. The molecule has 1 fully saturated rings. The lowest BCUT2D eigenvalue weighted by molar-refractivity contribution is -0.155. The van der Waals surface area contributed by atoms with Gasteiger partial charge in [-0.1, -0.05) is 33.1 Å². The average molecular weight is 227 g/mol. The van der Waals surface area contributed by atoms with Gasteiger partial charge < -0.3 is 10.5 Å². The van der Waals surface area contributed by atoms with E-state index in [1.807, 2.05) is 0 Å². The molecule has 3 heteroatoms. The summed E-state index contributed by atoms with van der Waals surface area (Å²) in [5.41, 5.74) is 5.79. The Labute approximate surface area is 98.7 Å². The fraction of sp³-hybridized carbons (Fsp3) is 0.923. The van der Waals surface area contributed by atoms with Gasteiger partial charge in [0.05, 0.1) is 0 Å². The van der Waals surface area contributed by atoms with Gasteiger partial charge in [0.1, 0.15) is 12.1 Å². The van der Waals surface area contributed by atoms with Crippen LogP contribution in [0.1, 0.15) is 58.8 Å². The van der Waals surface area contributed by atoms with Crippen LogP contribution in [0.2, 0.25) is 0 Å². The largest absolute Gasteiger partial charge is 0.461 e. The van der Waals surface area contributed by atoms with Crippen molar-refractivity contribution >= 4 is 5.97 Å². The standard InChI is InChI=1S/C13H25NO2/c1-3-4-8-11(14)13(15)16-12-9-6-5-7-10(12)2/h10-12H,3-9,14H2,1-2H3/t10?,11-,12?/m0/s1. The van der Waals surface area contributed by atoms with Gasteiger partial charge in [-0.15, -0.1) is 0 Å². The number of nitrogens with two attached hydrogens (primary N) is 1. The van der Waals surface area contributed by atoms with Crippen LogP contribution in [0, 0.1) is 5.92 Å². The highest BCUT2D eigenvalue weighted by Crippen LogP contribution is 2.26. The zero-order chi connectivity index (χ0) is 12.0. The molecule has 3 atom stereocenters. The highest BCUT2D eigenvalue weighted by atomic mass is 16.5. The average Bonchev–Trinajstić information content (AvgIpc) is 2.28. The van der Waals surface area contributed by atoms with E-state index >= 15 is 0 Å². The van der Waals surface area contributed by atoms with Crippen LogP contribution in [0.25, 0.3) is 0 Å². The fourth-order valence-corrected chi connectivity index (χ4v) is 2.24. The van der Waals surface area contributed by atoms with Gasteiger partial charge >= 0.3 is 5.97 Å². The van der Waals surface area contributed by atoms with Crippen molar-refractivity contribution in [2.45, 2.75) is 70.9 Å². The summed E-state index contributed by atoms with van der Waals surface area (Å²) in [4.78, 5) is 11.7. The highest BCUT2D eigenvalue weighted by molar-refractivity contribution is 5.75. The maximum absolute atomic E-state index is 11.7. The third-order valence-electron chi connectivity index (χ3n) is 3.47. The van der Waals surface area contributed by atoms with E-state index in [9.17, 15) is 4.79 Å². The minimum atomic E-state index is -0.422. The predicted molar refractivity (Wildman–Crippen MR) is 65.0 cm³/mol. The van der Waals surface area contributed by atoms with Crippen LogP contribution in [0.15, 0.2) is 0 Å². The van der Waals surface area contributed by atoms with E-state index in [1.165, 1.54) is 19.3 Å². The zero-order valence-electron chi connectivity index (χ0n) is 10.6. The fourth-order valence-electron chi connectivity index (χ4n) is 2.24. The number of hydrogen-bond donors (Lipinski definition) is 1. The number of rotatable bonds is 5. The van der Waals surface area contributed by atoms with Crippen molar-refractivity contribution in [3.8, 4) is 0 Å². The summed E-state index contributed by atoms with van der Waals surface area (Å²) < 4.78 is 5.50. The normalized spacial score (nSPS) is 27.4. The number of ether oxygens (including phenoxy) is 1. The molecule has 2 N–H and O–H groups in total. The molecule has 1 saturated carbocycles. The minimum absolute atomic E-state index is 0.105.